The van der Waals surface area contributed by atoms with Gasteiger partial charge in [-0.05, 0) is 24.6 Å². The molecular weight excluding hydrogens is 374 g/mol. The Morgan fingerprint density at radius 3 is 2.43 bits per heavy atom. The molecule has 0 radical (unpaired) electrons. The number of amides is 2. The number of nitrogens with one attached hydrogen (secondary N) is 2. The smallest absolute Gasteiger partial charge is 0.292 e. The predicted molar refractivity (Wildman–Crippen MR) is 109 cm³/mol. The highest BCUT2D eigenvalue weighted by Crippen LogP contribution is 2.27. The molecule has 4 rings (SSSR count). The van der Waals surface area contributed by atoms with Crippen LogP contribution in [-0.2, 0) is 16.1 Å². The lowest BCUT2D eigenvalue weighted by Crippen LogP contribution is -3.29. The average Bonchev–Trinajstić information content (AvgIpc) is 3.00. The highest BCUT2D eigenvalue weighted by molar-refractivity contribution is 6.32. The van der Waals surface area contributed by atoms with E-state index in [4.69, 9.17) is 11.6 Å². The van der Waals surface area contributed by atoms with E-state index in [1.54, 1.807) is 12.1 Å². The van der Waals surface area contributed by atoms with Gasteiger partial charge in [0.1, 0.15) is 32.7 Å². The Morgan fingerprint density at radius 2 is 1.75 bits per heavy atom. The molecule has 0 aromatic heterocycles. The lowest BCUT2D eigenvalue weighted by Gasteiger charge is -2.32. The molecular formula is C22H26ClN3O2+2. The fraction of sp³-hybridized carbons (Fsp3) is 0.364. The third-order valence-electron chi connectivity index (χ3n) is 5.95. The zero-order valence-electron chi connectivity index (χ0n) is 16.1. The third-order valence-corrected chi connectivity index (χ3v) is 6.36. The topological polar surface area (TPSA) is 46.3 Å². The van der Waals surface area contributed by atoms with E-state index in [1.807, 2.05) is 19.1 Å². The van der Waals surface area contributed by atoms with Gasteiger partial charge in [0.15, 0.2) is 6.04 Å². The Labute approximate surface area is 170 Å². The van der Waals surface area contributed by atoms with Gasteiger partial charge >= 0.3 is 0 Å². The molecule has 2 amide bonds. The lowest BCUT2D eigenvalue weighted by molar-refractivity contribution is -1.02. The van der Waals surface area contributed by atoms with E-state index in [2.05, 4.69) is 24.3 Å². The minimum absolute atomic E-state index is 0.0913. The molecule has 2 fully saturated rings. The van der Waals surface area contributed by atoms with Gasteiger partial charge in [0.25, 0.3) is 5.91 Å². The van der Waals surface area contributed by atoms with Gasteiger partial charge in [-0.1, -0.05) is 48.0 Å². The van der Waals surface area contributed by atoms with E-state index in [1.165, 1.54) is 20.3 Å². The Kier molecular flexibility index (Phi) is 5.49. The van der Waals surface area contributed by atoms with Crippen molar-refractivity contribution in [2.45, 2.75) is 25.9 Å². The number of carbonyl (C=O) groups excluding carboxylic acids is 2. The van der Waals surface area contributed by atoms with Gasteiger partial charge in [-0.25, -0.2) is 4.90 Å². The molecule has 2 aliphatic rings. The summed E-state index contributed by atoms with van der Waals surface area (Å²) in [5, 5.41) is 0.576. The molecule has 2 saturated heterocycles. The molecule has 2 aromatic rings. The molecule has 1 atom stereocenters. The summed E-state index contributed by atoms with van der Waals surface area (Å²) >= 11 is 6.20. The van der Waals surface area contributed by atoms with Crippen molar-refractivity contribution in [2.24, 2.45) is 0 Å². The fourth-order valence-corrected chi connectivity index (χ4v) is 4.45. The number of imide groups is 1. The standard InChI is InChI=1S/C22H24ClN3O2/c1-16-7-8-18(13-19(16)23)26-21(27)14-20(22(26)28)25-11-9-24(10-12-25)15-17-5-3-2-4-6-17/h2-8,13,20H,9-12,14-15H2,1H3/p+2/t20-/m0/s1. The SMILES string of the molecule is Cc1ccc(N2C(=O)C[C@H]([NH+]3CC[NH+](Cc4ccccc4)CC3)C2=O)cc1Cl. The molecule has 0 spiro atoms. The van der Waals surface area contributed by atoms with Crippen molar-refractivity contribution in [2.75, 3.05) is 31.1 Å². The van der Waals surface area contributed by atoms with E-state index in [-0.39, 0.29) is 24.3 Å². The molecule has 0 aliphatic carbocycles. The Balaban J connectivity index is 1.40. The van der Waals surface area contributed by atoms with Gasteiger partial charge in [0.2, 0.25) is 5.91 Å². The van der Waals surface area contributed by atoms with Gasteiger partial charge in [0.05, 0.1) is 12.1 Å². The van der Waals surface area contributed by atoms with Crippen LogP contribution in [-0.4, -0.2) is 44.0 Å². The molecule has 2 aromatic carbocycles. The first-order chi connectivity index (χ1) is 13.5. The zero-order chi connectivity index (χ0) is 19.7. The van der Waals surface area contributed by atoms with Crippen LogP contribution in [0.1, 0.15) is 17.5 Å². The predicted octanol–water partition coefficient (Wildman–Crippen LogP) is 0.264. The number of aryl methyl sites for hydroxylation is 1. The number of halogens is 1. The first kappa shape index (κ1) is 19.1. The van der Waals surface area contributed by atoms with Crippen LogP contribution in [0.3, 0.4) is 0 Å². The number of hydrogen-bond acceptors (Lipinski definition) is 2. The van der Waals surface area contributed by atoms with Crippen molar-refractivity contribution in [1.29, 1.82) is 0 Å². The van der Waals surface area contributed by atoms with Gasteiger partial charge in [-0.3, -0.25) is 9.59 Å². The number of rotatable bonds is 4. The lowest BCUT2D eigenvalue weighted by atomic mass is 10.1. The van der Waals surface area contributed by atoms with Gasteiger partial charge in [-0.2, -0.15) is 0 Å². The Bertz CT molecular complexity index is 879. The maximum atomic E-state index is 13.0. The van der Waals surface area contributed by atoms with Crippen molar-refractivity contribution in [3.8, 4) is 0 Å². The molecule has 2 N–H and O–H groups in total. The number of anilines is 1. The van der Waals surface area contributed by atoms with E-state index in [0.29, 0.717) is 10.7 Å². The Morgan fingerprint density at radius 1 is 1.04 bits per heavy atom. The molecule has 2 heterocycles. The van der Waals surface area contributed by atoms with Crippen molar-refractivity contribution in [3.63, 3.8) is 0 Å². The van der Waals surface area contributed by atoms with Crippen molar-refractivity contribution >= 4 is 29.1 Å². The van der Waals surface area contributed by atoms with Crippen LogP contribution in [0.25, 0.3) is 0 Å². The van der Waals surface area contributed by atoms with E-state index < -0.39 is 0 Å². The normalized spacial score (nSPS) is 25.4. The summed E-state index contributed by atoms with van der Waals surface area (Å²) in [4.78, 5) is 29.7. The molecule has 146 valence electrons. The number of carbonyl (C=O) groups is 2. The van der Waals surface area contributed by atoms with Crippen molar-refractivity contribution in [1.82, 2.24) is 0 Å². The second-order valence-electron chi connectivity index (χ2n) is 7.83. The maximum absolute atomic E-state index is 13.0. The number of nitrogens with zero attached hydrogens (tertiary/aromatic N) is 1. The summed E-state index contributed by atoms with van der Waals surface area (Å²) in [6.45, 7) is 6.77. The summed E-state index contributed by atoms with van der Waals surface area (Å²) in [5.74, 6) is -0.215. The van der Waals surface area contributed by atoms with Gasteiger partial charge in [-0.15, -0.1) is 0 Å². The molecule has 5 nitrogen and oxygen atoms in total. The summed E-state index contributed by atoms with van der Waals surface area (Å²) < 4.78 is 0. The monoisotopic (exact) mass is 399 g/mol. The van der Waals surface area contributed by atoms with Crippen LogP contribution in [0, 0.1) is 6.92 Å². The zero-order valence-corrected chi connectivity index (χ0v) is 16.8. The molecule has 0 bridgehead atoms. The van der Waals surface area contributed by atoms with E-state index in [0.717, 1.165) is 38.3 Å². The summed E-state index contributed by atoms with van der Waals surface area (Å²) in [6, 6.07) is 15.6. The van der Waals surface area contributed by atoms with Crippen LogP contribution in [0.4, 0.5) is 5.69 Å². The molecule has 28 heavy (non-hydrogen) atoms. The van der Waals surface area contributed by atoms with Crippen molar-refractivity contribution < 1.29 is 19.4 Å². The third kappa shape index (κ3) is 3.83. The number of quaternary nitrogens is 2. The summed E-state index contributed by atoms with van der Waals surface area (Å²) in [6.07, 6.45) is 0.285. The van der Waals surface area contributed by atoms with Crippen molar-refractivity contribution in [3.05, 3.63) is 64.7 Å². The number of benzene rings is 2. The minimum atomic E-state index is -0.272. The van der Waals surface area contributed by atoms with Crippen LogP contribution in [0.15, 0.2) is 48.5 Å². The maximum Gasteiger partial charge on any atom is 0.292 e. The minimum Gasteiger partial charge on any atom is -0.322 e. The fourth-order valence-electron chi connectivity index (χ4n) is 4.28. The Hall–Kier alpha value is -2.21. The summed E-state index contributed by atoms with van der Waals surface area (Å²) in [7, 11) is 0. The van der Waals surface area contributed by atoms with Crippen LogP contribution in [0.2, 0.25) is 5.02 Å². The second kappa shape index (κ2) is 8.03. The average molecular weight is 400 g/mol. The van der Waals surface area contributed by atoms with Gasteiger partial charge in [0, 0.05) is 10.6 Å². The van der Waals surface area contributed by atoms with Crippen LogP contribution >= 0.6 is 11.6 Å². The molecule has 0 unspecified atom stereocenters. The van der Waals surface area contributed by atoms with E-state index >= 15 is 0 Å². The van der Waals surface area contributed by atoms with Crippen LogP contribution < -0.4 is 14.7 Å². The molecule has 0 saturated carbocycles. The molecule has 6 heteroatoms. The van der Waals surface area contributed by atoms with E-state index in [9.17, 15) is 9.59 Å². The largest absolute Gasteiger partial charge is 0.322 e. The quantitative estimate of drug-likeness (QED) is 0.725. The van der Waals surface area contributed by atoms with Gasteiger partial charge < -0.3 is 9.80 Å². The highest BCUT2D eigenvalue weighted by Gasteiger charge is 2.47. The second-order valence-corrected chi connectivity index (χ2v) is 8.24. The van der Waals surface area contributed by atoms with Crippen LogP contribution in [0.5, 0.6) is 0 Å². The summed E-state index contributed by atoms with van der Waals surface area (Å²) in [5.41, 5.74) is 2.86. The first-order valence-electron chi connectivity index (χ1n) is 9.88. The first-order valence-corrected chi connectivity index (χ1v) is 10.3. The number of hydrogen-bond donors (Lipinski definition) is 2. The molecule has 2 aliphatic heterocycles. The highest BCUT2D eigenvalue weighted by atomic mass is 35.5. The number of piperazine rings is 1.